The van der Waals surface area contributed by atoms with Crippen LogP contribution in [0.3, 0.4) is 0 Å². The largest absolute Gasteiger partial charge is 0.494 e. The maximum absolute atomic E-state index is 12.8. The molecule has 0 saturated heterocycles. The van der Waals surface area contributed by atoms with Crippen LogP contribution in [0.5, 0.6) is 17.2 Å². The van der Waals surface area contributed by atoms with Gasteiger partial charge in [0.15, 0.2) is 5.75 Å². The van der Waals surface area contributed by atoms with Crippen molar-refractivity contribution in [1.29, 1.82) is 0 Å². The van der Waals surface area contributed by atoms with E-state index in [-0.39, 0.29) is 23.1 Å². The van der Waals surface area contributed by atoms with Crippen LogP contribution >= 0.6 is 11.6 Å². The molecule has 7 nitrogen and oxygen atoms in total. The summed E-state index contributed by atoms with van der Waals surface area (Å²) in [5, 5.41) is 3.45. The van der Waals surface area contributed by atoms with Gasteiger partial charge in [-0.25, -0.2) is 18.1 Å². The number of sulfonamides is 1. The second-order valence-electron chi connectivity index (χ2n) is 6.60. The van der Waals surface area contributed by atoms with Gasteiger partial charge in [-0.3, -0.25) is 0 Å². The zero-order valence-corrected chi connectivity index (χ0v) is 18.2. The van der Waals surface area contributed by atoms with Crippen LogP contribution in [-0.2, 0) is 16.6 Å². The third-order valence-electron chi connectivity index (χ3n) is 4.49. The van der Waals surface area contributed by atoms with Crippen LogP contribution in [0.2, 0.25) is 5.02 Å². The molecule has 0 amide bonds. The molecule has 0 saturated carbocycles. The zero-order valence-electron chi connectivity index (χ0n) is 16.6. The Morgan fingerprint density at radius 1 is 0.935 bits per heavy atom. The number of aliphatic imine (C=N–C) groups is 1. The van der Waals surface area contributed by atoms with Crippen LogP contribution in [0.25, 0.3) is 0 Å². The molecular weight excluding hydrogens is 438 g/mol. The SMILES string of the molecule is CCOc1ccccc1CN=C1Nc2c(Oc3ccccc3Cl)cccc2S(=O)(=O)N1. The number of para-hydroxylation sites is 3. The van der Waals surface area contributed by atoms with E-state index in [1.807, 2.05) is 31.2 Å². The van der Waals surface area contributed by atoms with Crippen molar-refractivity contribution in [3.8, 4) is 17.2 Å². The normalized spacial score (nSPS) is 15.5. The van der Waals surface area contributed by atoms with Gasteiger partial charge in [0.25, 0.3) is 10.0 Å². The Morgan fingerprint density at radius 2 is 1.65 bits per heavy atom. The highest BCUT2D eigenvalue weighted by atomic mass is 35.5. The molecular formula is C22H20ClN3O4S. The number of nitrogens with one attached hydrogen (secondary N) is 2. The molecule has 0 aromatic heterocycles. The smallest absolute Gasteiger partial charge is 0.266 e. The molecule has 1 aliphatic rings. The van der Waals surface area contributed by atoms with E-state index in [2.05, 4.69) is 15.0 Å². The minimum absolute atomic E-state index is 0.0609. The fourth-order valence-corrected chi connectivity index (χ4v) is 4.41. The lowest BCUT2D eigenvalue weighted by Crippen LogP contribution is -2.40. The number of nitrogens with zero attached hydrogens (tertiary/aromatic N) is 1. The third kappa shape index (κ3) is 4.60. The lowest BCUT2D eigenvalue weighted by atomic mass is 10.2. The van der Waals surface area contributed by atoms with Gasteiger partial charge in [-0.2, -0.15) is 0 Å². The summed E-state index contributed by atoms with van der Waals surface area (Å²) in [7, 11) is -3.83. The second kappa shape index (κ2) is 8.87. The molecule has 0 bridgehead atoms. The van der Waals surface area contributed by atoms with E-state index in [0.29, 0.717) is 28.9 Å². The molecule has 3 aromatic carbocycles. The summed E-state index contributed by atoms with van der Waals surface area (Å²) < 4.78 is 39.6. The van der Waals surface area contributed by atoms with Crippen LogP contribution < -0.4 is 19.5 Å². The number of guanidine groups is 1. The Hall–Kier alpha value is -3.23. The average Bonchev–Trinajstić information content (AvgIpc) is 2.75. The number of anilines is 1. The number of hydrogen-bond donors (Lipinski definition) is 2. The maximum atomic E-state index is 12.8. The van der Waals surface area contributed by atoms with Crippen LogP contribution in [-0.4, -0.2) is 21.0 Å². The summed E-state index contributed by atoms with van der Waals surface area (Å²) in [5.41, 5.74) is 1.13. The van der Waals surface area contributed by atoms with Crippen LogP contribution in [0.15, 0.2) is 76.6 Å². The first kappa shape index (κ1) is 21.0. The van der Waals surface area contributed by atoms with Gasteiger partial charge in [0, 0.05) is 5.56 Å². The number of benzene rings is 3. The van der Waals surface area contributed by atoms with Crippen LogP contribution in [0.4, 0.5) is 5.69 Å². The minimum Gasteiger partial charge on any atom is -0.494 e. The summed E-state index contributed by atoms with van der Waals surface area (Å²) in [5.74, 6) is 1.53. The highest BCUT2D eigenvalue weighted by Gasteiger charge is 2.29. The zero-order chi connectivity index (χ0) is 21.8. The Labute approximate surface area is 185 Å². The standard InChI is InChI=1S/C22H20ClN3O4S/c1-2-29-17-10-5-3-8-15(17)14-24-22-25-21-19(30-18-11-6-4-9-16(18)23)12-7-13-20(21)31(27,28)26-22/h3-13H,2,14H2,1H3,(H2,24,25,26). The first-order valence-corrected chi connectivity index (χ1v) is 11.4. The summed E-state index contributed by atoms with van der Waals surface area (Å²) in [6.45, 7) is 2.65. The van der Waals surface area contributed by atoms with Crippen molar-refractivity contribution in [3.05, 3.63) is 77.3 Å². The Kier molecular flexibility index (Phi) is 6.01. The van der Waals surface area contributed by atoms with Crippen molar-refractivity contribution < 1.29 is 17.9 Å². The summed E-state index contributed by atoms with van der Waals surface area (Å²) in [6.07, 6.45) is 0. The predicted molar refractivity (Wildman–Crippen MR) is 121 cm³/mol. The van der Waals surface area contributed by atoms with Crippen molar-refractivity contribution in [3.63, 3.8) is 0 Å². The molecule has 0 aliphatic carbocycles. The van der Waals surface area contributed by atoms with E-state index in [1.165, 1.54) is 6.07 Å². The molecule has 1 heterocycles. The monoisotopic (exact) mass is 457 g/mol. The molecule has 4 rings (SSSR count). The van der Waals surface area contributed by atoms with E-state index < -0.39 is 10.0 Å². The topological polar surface area (TPSA) is 89.0 Å². The number of halogens is 1. The second-order valence-corrected chi connectivity index (χ2v) is 8.66. The van der Waals surface area contributed by atoms with Crippen LogP contribution in [0.1, 0.15) is 12.5 Å². The van der Waals surface area contributed by atoms with E-state index in [0.717, 1.165) is 5.56 Å². The molecule has 160 valence electrons. The molecule has 9 heteroatoms. The quantitative estimate of drug-likeness (QED) is 0.555. The van der Waals surface area contributed by atoms with E-state index in [1.54, 1.807) is 36.4 Å². The first-order valence-electron chi connectivity index (χ1n) is 9.58. The fourth-order valence-electron chi connectivity index (χ4n) is 3.08. The predicted octanol–water partition coefficient (Wildman–Crippen LogP) is 4.79. The van der Waals surface area contributed by atoms with E-state index in [9.17, 15) is 8.42 Å². The molecule has 3 aromatic rings. The Morgan fingerprint density at radius 3 is 2.42 bits per heavy atom. The van der Waals surface area contributed by atoms with Crippen molar-refractivity contribution in [2.45, 2.75) is 18.4 Å². The molecule has 0 radical (unpaired) electrons. The Balaban J connectivity index is 1.66. The third-order valence-corrected chi connectivity index (χ3v) is 6.18. The molecule has 0 spiro atoms. The van der Waals surface area contributed by atoms with Crippen molar-refractivity contribution >= 4 is 33.3 Å². The van der Waals surface area contributed by atoms with E-state index in [4.69, 9.17) is 21.1 Å². The number of rotatable bonds is 6. The van der Waals surface area contributed by atoms with Gasteiger partial charge in [-0.15, -0.1) is 0 Å². The Bertz CT molecular complexity index is 1250. The lowest BCUT2D eigenvalue weighted by Gasteiger charge is -2.24. The maximum Gasteiger partial charge on any atom is 0.266 e. The highest BCUT2D eigenvalue weighted by molar-refractivity contribution is 7.90. The van der Waals surface area contributed by atoms with Gasteiger partial charge in [0.05, 0.1) is 18.2 Å². The molecule has 1 aliphatic heterocycles. The van der Waals surface area contributed by atoms with Gasteiger partial charge in [-0.1, -0.05) is 48.0 Å². The minimum atomic E-state index is -3.83. The average molecular weight is 458 g/mol. The van der Waals surface area contributed by atoms with Gasteiger partial charge in [0.1, 0.15) is 22.1 Å². The van der Waals surface area contributed by atoms with Gasteiger partial charge in [0.2, 0.25) is 5.96 Å². The van der Waals surface area contributed by atoms with E-state index >= 15 is 0 Å². The van der Waals surface area contributed by atoms with Crippen molar-refractivity contribution in [2.75, 3.05) is 11.9 Å². The highest BCUT2D eigenvalue weighted by Crippen LogP contribution is 2.38. The van der Waals surface area contributed by atoms with Gasteiger partial charge < -0.3 is 14.8 Å². The molecule has 0 atom stereocenters. The fraction of sp³-hybridized carbons (Fsp3) is 0.136. The van der Waals surface area contributed by atoms with Gasteiger partial charge in [-0.05, 0) is 37.3 Å². The summed E-state index contributed by atoms with van der Waals surface area (Å²) >= 11 is 6.19. The summed E-state index contributed by atoms with van der Waals surface area (Å²) in [6, 6.07) is 19.2. The number of hydrogen-bond acceptors (Lipinski definition) is 5. The van der Waals surface area contributed by atoms with Crippen molar-refractivity contribution in [1.82, 2.24) is 4.72 Å². The summed E-state index contributed by atoms with van der Waals surface area (Å²) in [4.78, 5) is 4.47. The van der Waals surface area contributed by atoms with Gasteiger partial charge >= 0.3 is 0 Å². The molecule has 2 N–H and O–H groups in total. The molecule has 31 heavy (non-hydrogen) atoms. The number of fused-ring (bicyclic) bond motifs is 1. The number of ether oxygens (including phenoxy) is 2. The van der Waals surface area contributed by atoms with Crippen molar-refractivity contribution in [2.24, 2.45) is 4.99 Å². The van der Waals surface area contributed by atoms with Crippen LogP contribution in [0, 0.1) is 0 Å². The lowest BCUT2D eigenvalue weighted by molar-refractivity contribution is 0.336. The molecule has 0 fully saturated rings. The first-order chi connectivity index (χ1) is 15.0. The molecule has 0 unspecified atom stereocenters.